The molecule has 0 saturated heterocycles. The fraction of sp³-hybridized carbons (Fsp3) is 0.200. The fourth-order valence-electron chi connectivity index (χ4n) is 1.60. The lowest BCUT2D eigenvalue weighted by molar-refractivity contribution is 0.0693. The minimum Gasteiger partial charge on any atom is -0.476 e. The zero-order valence-corrected chi connectivity index (χ0v) is 8.42. The maximum atomic E-state index is 11.0. The minimum absolute atomic E-state index is 0.0456. The molecule has 84 valence electrons. The number of aromatic nitrogens is 2. The molecule has 0 aliphatic carbocycles. The molecule has 2 rings (SSSR count). The van der Waals surface area contributed by atoms with Gasteiger partial charge in [-0.2, -0.15) is 0 Å². The Hall–Kier alpha value is -2.08. The molecule has 0 bridgehead atoms. The van der Waals surface area contributed by atoms with E-state index in [9.17, 15) is 4.79 Å². The predicted octanol–water partition coefficient (Wildman–Crippen LogP) is 0.150. The number of aliphatic hydroxyl groups is 1. The number of hydrogen-bond donors (Lipinski definition) is 3. The van der Waals surface area contributed by atoms with Crippen molar-refractivity contribution in [2.45, 2.75) is 6.42 Å². The number of anilines is 1. The van der Waals surface area contributed by atoms with E-state index in [1.165, 1.54) is 0 Å². The molecule has 0 aromatic carbocycles. The van der Waals surface area contributed by atoms with Gasteiger partial charge in [0.05, 0.1) is 12.1 Å². The highest BCUT2D eigenvalue weighted by atomic mass is 16.4. The van der Waals surface area contributed by atoms with E-state index in [1.54, 1.807) is 22.7 Å². The Labute approximate surface area is 91.0 Å². The van der Waals surface area contributed by atoms with Crippen LogP contribution >= 0.6 is 0 Å². The van der Waals surface area contributed by atoms with Crippen molar-refractivity contribution in [2.24, 2.45) is 0 Å². The zero-order valence-electron chi connectivity index (χ0n) is 8.42. The Morgan fingerprint density at radius 1 is 1.56 bits per heavy atom. The number of nitrogens with two attached hydrogens (primary N) is 1. The topological polar surface area (TPSA) is 101 Å². The van der Waals surface area contributed by atoms with Gasteiger partial charge in [-0.25, -0.2) is 9.78 Å². The van der Waals surface area contributed by atoms with Crippen LogP contribution in [0, 0.1) is 0 Å². The van der Waals surface area contributed by atoms with Crippen molar-refractivity contribution in [3.8, 4) is 0 Å². The van der Waals surface area contributed by atoms with Gasteiger partial charge in [0.15, 0.2) is 5.69 Å². The molecule has 0 saturated carbocycles. The first-order chi connectivity index (χ1) is 7.63. The van der Waals surface area contributed by atoms with Gasteiger partial charge in [0.1, 0.15) is 5.82 Å². The predicted molar refractivity (Wildman–Crippen MR) is 57.4 cm³/mol. The van der Waals surface area contributed by atoms with Gasteiger partial charge in [-0.3, -0.25) is 0 Å². The molecule has 6 nitrogen and oxygen atoms in total. The van der Waals surface area contributed by atoms with Crippen LogP contribution in [0.2, 0.25) is 0 Å². The van der Waals surface area contributed by atoms with E-state index < -0.39 is 5.97 Å². The maximum Gasteiger partial charge on any atom is 0.356 e. The van der Waals surface area contributed by atoms with Crippen LogP contribution < -0.4 is 5.73 Å². The summed E-state index contributed by atoms with van der Waals surface area (Å²) in [6.45, 7) is -0.0808. The van der Waals surface area contributed by atoms with Crippen LogP contribution in [0.15, 0.2) is 18.3 Å². The van der Waals surface area contributed by atoms with Crippen LogP contribution in [0.1, 0.15) is 16.3 Å². The second-order valence-electron chi connectivity index (χ2n) is 3.37. The molecule has 16 heavy (non-hydrogen) atoms. The Balaban J connectivity index is 2.71. The molecule has 0 unspecified atom stereocenters. The Bertz CT molecular complexity index is 547. The maximum absolute atomic E-state index is 11.0. The quantitative estimate of drug-likeness (QED) is 0.684. The average Bonchev–Trinajstić information content (AvgIpc) is 2.57. The lowest BCUT2D eigenvalue weighted by Gasteiger charge is -1.99. The number of aliphatic hydroxyl groups excluding tert-OH is 1. The second-order valence-corrected chi connectivity index (χ2v) is 3.37. The number of carboxylic acid groups (broad SMARTS) is 1. The lowest BCUT2D eigenvalue weighted by Crippen LogP contribution is -1.98. The standard InChI is InChI=1S/C10H11N3O3/c11-6-1-3-13-7(5-6)9(10(15)16)12-8(13)2-4-14/h1,3,5,14H,2,4,11H2,(H,15,16). The molecule has 0 aliphatic rings. The van der Waals surface area contributed by atoms with E-state index in [4.69, 9.17) is 15.9 Å². The third-order valence-electron chi connectivity index (χ3n) is 2.28. The number of imidazole rings is 1. The Kier molecular flexibility index (Phi) is 2.49. The van der Waals surface area contributed by atoms with E-state index in [-0.39, 0.29) is 12.3 Å². The van der Waals surface area contributed by atoms with Crippen molar-refractivity contribution in [1.29, 1.82) is 0 Å². The van der Waals surface area contributed by atoms with E-state index in [0.29, 0.717) is 23.4 Å². The van der Waals surface area contributed by atoms with E-state index in [1.807, 2.05) is 0 Å². The molecule has 0 fully saturated rings. The number of hydrogen-bond acceptors (Lipinski definition) is 4. The van der Waals surface area contributed by atoms with Crippen molar-refractivity contribution < 1.29 is 15.0 Å². The summed E-state index contributed by atoms with van der Waals surface area (Å²) < 4.78 is 1.62. The summed E-state index contributed by atoms with van der Waals surface area (Å²) in [5, 5.41) is 17.8. The van der Waals surface area contributed by atoms with Gasteiger partial charge >= 0.3 is 5.97 Å². The molecular formula is C10H11N3O3. The summed E-state index contributed by atoms with van der Waals surface area (Å²) in [6, 6.07) is 3.21. The highest BCUT2D eigenvalue weighted by Crippen LogP contribution is 2.16. The first-order valence-corrected chi connectivity index (χ1v) is 4.74. The molecule has 0 aliphatic heterocycles. The van der Waals surface area contributed by atoms with E-state index in [0.717, 1.165) is 0 Å². The zero-order chi connectivity index (χ0) is 11.7. The summed E-state index contributed by atoms with van der Waals surface area (Å²) in [5.74, 6) is -0.595. The average molecular weight is 221 g/mol. The van der Waals surface area contributed by atoms with Crippen LogP contribution in [0.3, 0.4) is 0 Å². The van der Waals surface area contributed by atoms with Crippen LogP contribution in [-0.2, 0) is 6.42 Å². The van der Waals surface area contributed by atoms with Gasteiger partial charge in [0.25, 0.3) is 0 Å². The first kappa shape index (κ1) is 10.4. The normalized spacial score (nSPS) is 10.8. The summed E-state index contributed by atoms with van der Waals surface area (Å²) in [6.07, 6.45) is 1.95. The van der Waals surface area contributed by atoms with Crippen molar-refractivity contribution >= 4 is 17.2 Å². The molecule has 0 radical (unpaired) electrons. The minimum atomic E-state index is -1.10. The Morgan fingerprint density at radius 2 is 2.31 bits per heavy atom. The number of aromatic carboxylic acids is 1. The SMILES string of the molecule is Nc1ccn2c(CCO)nc(C(=O)O)c2c1. The number of nitrogens with zero attached hydrogens (tertiary/aromatic N) is 2. The number of fused-ring (bicyclic) bond motifs is 1. The van der Waals surface area contributed by atoms with Crippen molar-refractivity contribution in [3.63, 3.8) is 0 Å². The molecule has 0 amide bonds. The highest BCUT2D eigenvalue weighted by Gasteiger charge is 2.16. The van der Waals surface area contributed by atoms with Gasteiger partial charge in [0, 0.05) is 18.3 Å². The first-order valence-electron chi connectivity index (χ1n) is 4.74. The number of carbonyl (C=O) groups is 1. The molecule has 6 heteroatoms. The second kappa shape index (κ2) is 3.82. The number of nitrogen functional groups attached to an aromatic ring is 1. The number of carboxylic acids is 1. The third kappa shape index (κ3) is 1.59. The van der Waals surface area contributed by atoms with Gasteiger partial charge in [-0.1, -0.05) is 0 Å². The number of rotatable bonds is 3. The largest absolute Gasteiger partial charge is 0.476 e. The molecule has 2 aromatic rings. The van der Waals surface area contributed by atoms with Gasteiger partial charge in [-0.15, -0.1) is 0 Å². The molecule has 2 heterocycles. The highest BCUT2D eigenvalue weighted by molar-refractivity contribution is 5.94. The molecule has 0 atom stereocenters. The molecule has 0 spiro atoms. The molecular weight excluding hydrogens is 210 g/mol. The third-order valence-corrected chi connectivity index (χ3v) is 2.28. The summed E-state index contributed by atoms with van der Waals surface area (Å²) in [5.41, 5.74) is 6.47. The lowest BCUT2D eigenvalue weighted by atomic mass is 10.3. The monoisotopic (exact) mass is 221 g/mol. The summed E-state index contributed by atoms with van der Waals surface area (Å²) >= 11 is 0. The number of pyridine rings is 1. The van der Waals surface area contributed by atoms with E-state index in [2.05, 4.69) is 4.98 Å². The van der Waals surface area contributed by atoms with Gasteiger partial charge < -0.3 is 20.3 Å². The van der Waals surface area contributed by atoms with Gasteiger partial charge in [-0.05, 0) is 12.1 Å². The smallest absolute Gasteiger partial charge is 0.356 e. The van der Waals surface area contributed by atoms with Crippen LogP contribution in [-0.4, -0.2) is 32.2 Å². The molecule has 2 aromatic heterocycles. The van der Waals surface area contributed by atoms with Crippen LogP contribution in [0.4, 0.5) is 5.69 Å². The van der Waals surface area contributed by atoms with Gasteiger partial charge in [0.2, 0.25) is 0 Å². The van der Waals surface area contributed by atoms with Crippen molar-refractivity contribution in [2.75, 3.05) is 12.3 Å². The summed E-state index contributed by atoms with van der Waals surface area (Å²) in [7, 11) is 0. The fourth-order valence-corrected chi connectivity index (χ4v) is 1.60. The van der Waals surface area contributed by atoms with Crippen molar-refractivity contribution in [3.05, 3.63) is 29.8 Å². The molecule has 4 N–H and O–H groups in total. The van der Waals surface area contributed by atoms with Crippen molar-refractivity contribution in [1.82, 2.24) is 9.38 Å². The Morgan fingerprint density at radius 3 is 2.94 bits per heavy atom. The van der Waals surface area contributed by atoms with Crippen LogP contribution in [0.5, 0.6) is 0 Å². The van der Waals surface area contributed by atoms with E-state index >= 15 is 0 Å². The van der Waals surface area contributed by atoms with Crippen LogP contribution in [0.25, 0.3) is 5.52 Å². The summed E-state index contributed by atoms with van der Waals surface area (Å²) in [4.78, 5) is 14.9.